The maximum Gasteiger partial charge on any atom is 0.230 e. The molecule has 0 aliphatic heterocycles. The fraction of sp³-hybridized carbons (Fsp3) is 0.0526. The number of amides is 1. The van der Waals surface area contributed by atoms with Gasteiger partial charge >= 0.3 is 0 Å². The molecule has 134 valence electrons. The van der Waals surface area contributed by atoms with Crippen molar-refractivity contribution in [3.05, 3.63) is 71.4 Å². The first kappa shape index (κ1) is 17.9. The standard InChI is InChI=1S/C19H13ClN4OS2/c20-13-6-7-14-15(11-13)21-9-8-16(14)26-19-24-23-18(27-19)22-17(25)10-12-4-2-1-3-5-12/h1-9,11H,10H2,(H,22,23,25). The molecule has 2 aromatic carbocycles. The zero-order valence-electron chi connectivity index (χ0n) is 13.9. The van der Waals surface area contributed by atoms with Gasteiger partial charge in [-0.3, -0.25) is 9.78 Å². The van der Waals surface area contributed by atoms with Crippen LogP contribution >= 0.6 is 34.7 Å². The lowest BCUT2D eigenvalue weighted by Crippen LogP contribution is -2.14. The van der Waals surface area contributed by atoms with E-state index >= 15 is 0 Å². The predicted molar refractivity (Wildman–Crippen MR) is 110 cm³/mol. The minimum atomic E-state index is -0.113. The summed E-state index contributed by atoms with van der Waals surface area (Å²) in [6.45, 7) is 0. The summed E-state index contributed by atoms with van der Waals surface area (Å²) >= 11 is 8.86. The van der Waals surface area contributed by atoms with Crippen molar-refractivity contribution in [3.63, 3.8) is 0 Å². The fourth-order valence-electron chi connectivity index (χ4n) is 2.52. The summed E-state index contributed by atoms with van der Waals surface area (Å²) < 4.78 is 0.743. The SMILES string of the molecule is O=C(Cc1ccccc1)Nc1nnc(Sc2ccnc3cc(Cl)ccc23)s1. The number of rotatable bonds is 5. The van der Waals surface area contributed by atoms with Crippen molar-refractivity contribution in [2.24, 2.45) is 0 Å². The van der Waals surface area contributed by atoms with Crippen molar-refractivity contribution in [2.45, 2.75) is 15.7 Å². The van der Waals surface area contributed by atoms with Gasteiger partial charge in [-0.15, -0.1) is 10.2 Å². The number of hydrogen-bond acceptors (Lipinski definition) is 6. The smallest absolute Gasteiger partial charge is 0.230 e. The Hall–Kier alpha value is -2.48. The van der Waals surface area contributed by atoms with Crippen LogP contribution < -0.4 is 5.32 Å². The largest absolute Gasteiger partial charge is 0.300 e. The van der Waals surface area contributed by atoms with Gasteiger partial charge in [0.05, 0.1) is 11.9 Å². The van der Waals surface area contributed by atoms with E-state index in [1.54, 1.807) is 6.20 Å². The maximum absolute atomic E-state index is 12.2. The van der Waals surface area contributed by atoms with Crippen LogP contribution in [0.3, 0.4) is 0 Å². The lowest BCUT2D eigenvalue weighted by atomic mass is 10.1. The monoisotopic (exact) mass is 412 g/mol. The summed E-state index contributed by atoms with van der Waals surface area (Å²) in [7, 11) is 0. The molecular formula is C19H13ClN4OS2. The van der Waals surface area contributed by atoms with Crippen molar-refractivity contribution in [2.75, 3.05) is 5.32 Å². The molecule has 0 bridgehead atoms. The number of hydrogen-bond donors (Lipinski definition) is 1. The first-order valence-electron chi connectivity index (χ1n) is 8.07. The van der Waals surface area contributed by atoms with Gasteiger partial charge in [-0.2, -0.15) is 0 Å². The molecule has 1 N–H and O–H groups in total. The minimum absolute atomic E-state index is 0.113. The zero-order valence-corrected chi connectivity index (χ0v) is 16.3. The summed E-state index contributed by atoms with van der Waals surface area (Å²) in [6, 6.07) is 17.1. The molecule has 2 heterocycles. The molecule has 0 aliphatic rings. The van der Waals surface area contributed by atoms with Crippen LogP contribution in [-0.2, 0) is 11.2 Å². The molecule has 0 saturated carbocycles. The Balaban J connectivity index is 1.46. The molecule has 4 rings (SSSR count). The Morgan fingerprint density at radius 3 is 2.81 bits per heavy atom. The maximum atomic E-state index is 12.2. The molecule has 0 saturated heterocycles. The highest BCUT2D eigenvalue weighted by Gasteiger charge is 2.12. The van der Waals surface area contributed by atoms with Crippen LogP contribution in [0.5, 0.6) is 0 Å². The summed E-state index contributed by atoms with van der Waals surface area (Å²) in [6.07, 6.45) is 2.04. The highest BCUT2D eigenvalue weighted by molar-refractivity contribution is 8.01. The first-order valence-corrected chi connectivity index (χ1v) is 10.1. The van der Waals surface area contributed by atoms with Crippen LogP contribution in [0.1, 0.15) is 5.56 Å². The van der Waals surface area contributed by atoms with E-state index in [0.717, 1.165) is 25.7 Å². The molecule has 0 unspecified atom stereocenters. The number of pyridine rings is 1. The van der Waals surface area contributed by atoms with Gasteiger partial charge in [0.2, 0.25) is 11.0 Å². The summed E-state index contributed by atoms with van der Waals surface area (Å²) in [5.41, 5.74) is 1.78. The molecule has 0 atom stereocenters. The van der Waals surface area contributed by atoms with Gasteiger partial charge in [0.15, 0.2) is 4.34 Å². The van der Waals surface area contributed by atoms with Gasteiger partial charge in [-0.05, 0) is 23.8 Å². The molecule has 0 spiro atoms. The summed E-state index contributed by atoms with van der Waals surface area (Å²) in [5.74, 6) is -0.113. The number of nitrogens with one attached hydrogen (secondary N) is 1. The third-order valence-electron chi connectivity index (χ3n) is 3.72. The number of halogens is 1. The Bertz CT molecular complexity index is 1100. The topological polar surface area (TPSA) is 67.8 Å². The van der Waals surface area contributed by atoms with Gasteiger partial charge in [0, 0.05) is 21.5 Å². The number of aromatic nitrogens is 3. The van der Waals surface area contributed by atoms with Gasteiger partial charge in [-0.1, -0.05) is 71.1 Å². The molecular weight excluding hydrogens is 400 g/mol. The quantitative estimate of drug-likeness (QED) is 0.463. The van der Waals surface area contributed by atoms with Crippen LogP contribution in [0.15, 0.2) is 70.0 Å². The lowest BCUT2D eigenvalue weighted by molar-refractivity contribution is -0.115. The summed E-state index contributed by atoms with van der Waals surface area (Å²) in [5, 5.41) is 13.2. The molecule has 4 aromatic rings. The van der Waals surface area contributed by atoms with Crippen LogP contribution in [0.4, 0.5) is 5.13 Å². The number of benzene rings is 2. The van der Waals surface area contributed by atoms with Crippen molar-refractivity contribution in [3.8, 4) is 0 Å². The molecule has 2 aromatic heterocycles. The van der Waals surface area contributed by atoms with E-state index in [0.29, 0.717) is 16.6 Å². The third-order valence-corrected chi connectivity index (χ3v) is 5.92. The number of anilines is 1. The van der Waals surface area contributed by atoms with E-state index in [1.165, 1.54) is 23.1 Å². The van der Waals surface area contributed by atoms with Crippen LogP contribution in [0.25, 0.3) is 10.9 Å². The van der Waals surface area contributed by atoms with Crippen LogP contribution in [-0.4, -0.2) is 21.1 Å². The van der Waals surface area contributed by atoms with E-state index in [4.69, 9.17) is 11.6 Å². The second-order valence-electron chi connectivity index (χ2n) is 5.66. The first-order chi connectivity index (χ1) is 13.2. The Labute approximate surface area is 168 Å². The minimum Gasteiger partial charge on any atom is -0.300 e. The van der Waals surface area contributed by atoms with Crippen molar-refractivity contribution >= 4 is 56.6 Å². The van der Waals surface area contributed by atoms with Crippen molar-refractivity contribution < 1.29 is 4.79 Å². The lowest BCUT2D eigenvalue weighted by Gasteiger charge is -2.03. The number of fused-ring (bicyclic) bond motifs is 1. The summed E-state index contributed by atoms with van der Waals surface area (Å²) in [4.78, 5) is 17.5. The van der Waals surface area contributed by atoms with Gasteiger partial charge in [0.25, 0.3) is 0 Å². The molecule has 0 radical (unpaired) electrons. The normalized spacial score (nSPS) is 10.9. The van der Waals surface area contributed by atoms with Crippen molar-refractivity contribution in [1.82, 2.24) is 15.2 Å². The van der Waals surface area contributed by atoms with E-state index in [2.05, 4.69) is 20.5 Å². The average Bonchev–Trinajstić information content (AvgIpc) is 3.09. The van der Waals surface area contributed by atoms with Gasteiger partial charge in [-0.25, -0.2) is 0 Å². The second-order valence-corrected chi connectivity index (χ2v) is 8.36. The Morgan fingerprint density at radius 1 is 1.11 bits per heavy atom. The van der Waals surface area contributed by atoms with E-state index in [9.17, 15) is 4.79 Å². The number of nitrogens with zero attached hydrogens (tertiary/aromatic N) is 3. The molecule has 1 amide bonds. The second kappa shape index (κ2) is 8.04. The highest BCUT2D eigenvalue weighted by Crippen LogP contribution is 2.36. The average molecular weight is 413 g/mol. The molecule has 0 aliphatic carbocycles. The molecule has 27 heavy (non-hydrogen) atoms. The van der Waals surface area contributed by atoms with Gasteiger partial charge in [0.1, 0.15) is 0 Å². The number of carbonyl (C=O) groups is 1. The highest BCUT2D eigenvalue weighted by atomic mass is 35.5. The van der Waals surface area contributed by atoms with Crippen LogP contribution in [0, 0.1) is 0 Å². The fourth-order valence-corrected chi connectivity index (χ4v) is 4.54. The van der Waals surface area contributed by atoms with Crippen LogP contribution in [0.2, 0.25) is 5.02 Å². The third kappa shape index (κ3) is 4.44. The Morgan fingerprint density at radius 2 is 1.96 bits per heavy atom. The van der Waals surface area contributed by atoms with Gasteiger partial charge < -0.3 is 5.32 Å². The number of carbonyl (C=O) groups excluding carboxylic acids is 1. The van der Waals surface area contributed by atoms with Crippen molar-refractivity contribution in [1.29, 1.82) is 0 Å². The molecule has 0 fully saturated rings. The van der Waals surface area contributed by atoms with E-state index < -0.39 is 0 Å². The predicted octanol–water partition coefficient (Wildman–Crippen LogP) is 5.07. The zero-order chi connectivity index (χ0) is 18.6. The van der Waals surface area contributed by atoms with E-state index in [1.807, 2.05) is 54.6 Å². The molecule has 8 heteroatoms. The Kier molecular flexibility index (Phi) is 5.33. The van der Waals surface area contributed by atoms with E-state index in [-0.39, 0.29) is 5.91 Å². The molecule has 5 nitrogen and oxygen atoms in total.